The van der Waals surface area contributed by atoms with Crippen LogP contribution < -0.4 is 0 Å². The molecule has 0 aliphatic rings. The second-order valence-corrected chi connectivity index (χ2v) is 4.71. The van der Waals surface area contributed by atoms with E-state index in [-0.39, 0.29) is 30.1 Å². The standard InChI is InChI=1S/C15H13N3O4/c1-2-22-11(19)7-18-8-16-13-12(17-21)9-5-3-4-6-10(9)15(20)14(13)18/h3-6,8,20H,2,7H2,1H3. The van der Waals surface area contributed by atoms with Crippen molar-refractivity contribution in [1.82, 2.24) is 9.55 Å². The van der Waals surface area contributed by atoms with Crippen molar-refractivity contribution in [1.29, 1.82) is 0 Å². The predicted molar refractivity (Wildman–Crippen MR) is 81.0 cm³/mol. The van der Waals surface area contributed by atoms with E-state index in [2.05, 4.69) is 10.2 Å². The van der Waals surface area contributed by atoms with Gasteiger partial charge in [0, 0.05) is 10.8 Å². The lowest BCUT2D eigenvalue weighted by Gasteiger charge is -2.08. The highest BCUT2D eigenvalue weighted by Crippen LogP contribution is 2.41. The zero-order chi connectivity index (χ0) is 15.7. The fourth-order valence-corrected chi connectivity index (χ4v) is 2.51. The molecule has 1 N–H and O–H groups in total. The minimum atomic E-state index is -0.449. The van der Waals surface area contributed by atoms with Gasteiger partial charge < -0.3 is 14.4 Å². The van der Waals surface area contributed by atoms with Crippen LogP contribution in [-0.4, -0.2) is 27.2 Å². The monoisotopic (exact) mass is 299 g/mol. The topological polar surface area (TPSA) is 93.8 Å². The van der Waals surface area contributed by atoms with Gasteiger partial charge in [0.1, 0.15) is 29.0 Å². The fraction of sp³-hybridized carbons (Fsp3) is 0.200. The van der Waals surface area contributed by atoms with Crippen LogP contribution in [0, 0.1) is 4.91 Å². The Kier molecular flexibility index (Phi) is 3.46. The van der Waals surface area contributed by atoms with Crippen molar-refractivity contribution in [2.75, 3.05) is 6.61 Å². The number of imidazole rings is 1. The summed E-state index contributed by atoms with van der Waals surface area (Å²) in [5.74, 6) is -0.491. The van der Waals surface area contributed by atoms with Crippen LogP contribution in [0.1, 0.15) is 6.92 Å². The van der Waals surface area contributed by atoms with Crippen LogP contribution in [0.3, 0.4) is 0 Å². The molecule has 0 aliphatic heterocycles. The van der Waals surface area contributed by atoms with Crippen molar-refractivity contribution >= 4 is 33.5 Å². The SMILES string of the molecule is CCOC(=O)Cn1cnc2c(N=O)c3ccccc3c(O)c21. The lowest BCUT2D eigenvalue weighted by atomic mass is 10.1. The van der Waals surface area contributed by atoms with Gasteiger partial charge in [0.2, 0.25) is 0 Å². The molecule has 0 saturated carbocycles. The first kappa shape index (κ1) is 14.0. The van der Waals surface area contributed by atoms with Gasteiger partial charge in [0.15, 0.2) is 0 Å². The van der Waals surface area contributed by atoms with E-state index in [1.165, 1.54) is 10.9 Å². The average molecular weight is 299 g/mol. The van der Waals surface area contributed by atoms with E-state index in [1.54, 1.807) is 31.2 Å². The van der Waals surface area contributed by atoms with Gasteiger partial charge in [0.25, 0.3) is 0 Å². The van der Waals surface area contributed by atoms with Crippen LogP contribution >= 0.6 is 0 Å². The molecule has 0 radical (unpaired) electrons. The molecule has 0 saturated heterocycles. The summed E-state index contributed by atoms with van der Waals surface area (Å²) in [6, 6.07) is 6.86. The van der Waals surface area contributed by atoms with Crippen LogP contribution in [0.25, 0.3) is 21.8 Å². The van der Waals surface area contributed by atoms with E-state index in [1.807, 2.05) is 0 Å². The number of hydrogen-bond acceptors (Lipinski definition) is 6. The molecular weight excluding hydrogens is 286 g/mol. The zero-order valence-electron chi connectivity index (χ0n) is 11.8. The van der Waals surface area contributed by atoms with Gasteiger partial charge in [-0.15, -0.1) is 4.91 Å². The van der Waals surface area contributed by atoms with Crippen LogP contribution in [-0.2, 0) is 16.1 Å². The number of aromatic hydroxyl groups is 1. The maximum Gasteiger partial charge on any atom is 0.326 e. The maximum atomic E-state index is 11.6. The Labute approximate surface area is 125 Å². The van der Waals surface area contributed by atoms with Gasteiger partial charge >= 0.3 is 5.97 Å². The Balaban J connectivity index is 2.28. The number of phenols is 1. The number of hydrogen-bond donors (Lipinski definition) is 1. The molecule has 0 atom stereocenters. The normalized spacial score (nSPS) is 11.0. The number of carbonyl (C=O) groups is 1. The average Bonchev–Trinajstić information content (AvgIpc) is 2.92. The Morgan fingerprint density at radius 1 is 1.36 bits per heavy atom. The molecule has 0 fully saturated rings. The third kappa shape index (κ3) is 2.07. The summed E-state index contributed by atoms with van der Waals surface area (Å²) in [5, 5.41) is 14.5. The number of ether oxygens (including phenoxy) is 1. The molecular formula is C15H13N3O4. The molecule has 0 bridgehead atoms. The summed E-state index contributed by atoms with van der Waals surface area (Å²) < 4.78 is 6.34. The number of fused-ring (bicyclic) bond motifs is 2. The molecule has 7 heteroatoms. The Bertz CT molecular complexity index is 885. The number of aromatic nitrogens is 2. The molecule has 112 valence electrons. The van der Waals surface area contributed by atoms with Crippen LogP contribution in [0.2, 0.25) is 0 Å². The first-order valence-corrected chi connectivity index (χ1v) is 6.74. The third-order valence-corrected chi connectivity index (χ3v) is 3.42. The largest absolute Gasteiger partial charge is 0.505 e. The van der Waals surface area contributed by atoms with Gasteiger partial charge in [-0.3, -0.25) is 4.79 Å². The van der Waals surface area contributed by atoms with Gasteiger partial charge in [0.05, 0.1) is 12.9 Å². The van der Waals surface area contributed by atoms with Gasteiger partial charge in [-0.1, -0.05) is 24.3 Å². The number of rotatable bonds is 4. The molecule has 1 heterocycles. The molecule has 22 heavy (non-hydrogen) atoms. The molecule has 0 aliphatic carbocycles. The Hall–Kier alpha value is -2.96. The Morgan fingerprint density at radius 3 is 2.77 bits per heavy atom. The lowest BCUT2D eigenvalue weighted by Crippen LogP contribution is -2.12. The number of phenolic OH excluding ortho intramolecular Hbond substituents is 1. The van der Waals surface area contributed by atoms with E-state index in [0.29, 0.717) is 16.3 Å². The third-order valence-electron chi connectivity index (χ3n) is 3.42. The zero-order valence-corrected chi connectivity index (χ0v) is 11.8. The number of nitroso groups, excluding NO2 is 1. The second-order valence-electron chi connectivity index (χ2n) is 4.71. The molecule has 3 rings (SSSR count). The molecule has 2 aromatic carbocycles. The molecule has 7 nitrogen and oxygen atoms in total. The smallest absolute Gasteiger partial charge is 0.326 e. The van der Waals surface area contributed by atoms with Crippen molar-refractivity contribution in [3.8, 4) is 5.75 Å². The Morgan fingerprint density at radius 2 is 2.09 bits per heavy atom. The lowest BCUT2D eigenvalue weighted by molar-refractivity contribution is -0.143. The van der Waals surface area contributed by atoms with Crippen LogP contribution in [0.15, 0.2) is 35.8 Å². The highest BCUT2D eigenvalue weighted by Gasteiger charge is 2.19. The van der Waals surface area contributed by atoms with Crippen LogP contribution in [0.5, 0.6) is 5.75 Å². The van der Waals surface area contributed by atoms with Crippen molar-refractivity contribution < 1.29 is 14.6 Å². The van der Waals surface area contributed by atoms with E-state index in [4.69, 9.17) is 4.74 Å². The number of benzene rings is 2. The van der Waals surface area contributed by atoms with E-state index < -0.39 is 5.97 Å². The summed E-state index contributed by atoms with van der Waals surface area (Å²) in [5.41, 5.74) is 0.697. The minimum absolute atomic E-state index is 0.0419. The number of nitrogens with zero attached hydrogens (tertiary/aromatic N) is 3. The highest BCUT2D eigenvalue weighted by molar-refractivity contribution is 6.12. The van der Waals surface area contributed by atoms with Gasteiger partial charge in [-0.2, -0.15) is 0 Å². The number of carbonyl (C=O) groups excluding carboxylic acids is 1. The summed E-state index contributed by atoms with van der Waals surface area (Å²) in [7, 11) is 0. The summed E-state index contributed by atoms with van der Waals surface area (Å²) in [6.07, 6.45) is 1.38. The maximum absolute atomic E-state index is 11.6. The molecule has 0 unspecified atom stereocenters. The fourth-order valence-electron chi connectivity index (χ4n) is 2.51. The molecule has 3 aromatic rings. The van der Waals surface area contributed by atoms with E-state index in [0.717, 1.165) is 0 Å². The van der Waals surface area contributed by atoms with Gasteiger partial charge in [-0.25, -0.2) is 4.98 Å². The first-order valence-electron chi connectivity index (χ1n) is 6.74. The quantitative estimate of drug-likeness (QED) is 0.590. The second kappa shape index (κ2) is 5.44. The molecule has 0 spiro atoms. The van der Waals surface area contributed by atoms with Crippen LogP contribution in [0.4, 0.5) is 5.69 Å². The molecule has 1 aromatic heterocycles. The van der Waals surface area contributed by atoms with E-state index in [9.17, 15) is 14.8 Å². The first-order chi connectivity index (χ1) is 10.7. The summed E-state index contributed by atoms with van der Waals surface area (Å²) in [6.45, 7) is 1.87. The summed E-state index contributed by atoms with van der Waals surface area (Å²) in [4.78, 5) is 27.0. The van der Waals surface area contributed by atoms with E-state index >= 15 is 0 Å². The predicted octanol–water partition coefficient (Wildman–Crippen LogP) is 2.86. The highest BCUT2D eigenvalue weighted by atomic mass is 16.5. The van der Waals surface area contributed by atoms with Crippen molar-refractivity contribution in [3.05, 3.63) is 35.5 Å². The molecule has 0 amide bonds. The van der Waals surface area contributed by atoms with Crippen molar-refractivity contribution in [3.63, 3.8) is 0 Å². The number of esters is 1. The van der Waals surface area contributed by atoms with Gasteiger partial charge in [-0.05, 0) is 12.1 Å². The van der Waals surface area contributed by atoms with Crippen molar-refractivity contribution in [2.24, 2.45) is 5.18 Å². The van der Waals surface area contributed by atoms with Crippen molar-refractivity contribution in [2.45, 2.75) is 13.5 Å². The minimum Gasteiger partial charge on any atom is -0.505 e. The summed E-state index contributed by atoms with van der Waals surface area (Å²) >= 11 is 0.